The van der Waals surface area contributed by atoms with E-state index in [0.29, 0.717) is 0 Å². The van der Waals surface area contributed by atoms with Gasteiger partial charge in [-0.15, -0.1) is 0 Å². The van der Waals surface area contributed by atoms with Gasteiger partial charge in [0, 0.05) is 0 Å². The van der Waals surface area contributed by atoms with Crippen LogP contribution in [-0.4, -0.2) is 12.8 Å². The Labute approximate surface area is 62.6 Å². The molecule has 0 aromatic heterocycles. The molecule has 0 aliphatic rings. The van der Waals surface area contributed by atoms with E-state index in [1.165, 1.54) is 5.57 Å². The summed E-state index contributed by atoms with van der Waals surface area (Å²) >= 11 is 0. The first kappa shape index (κ1) is 9.21. The maximum atomic E-state index is 4.62. The summed E-state index contributed by atoms with van der Waals surface area (Å²) in [6, 6.07) is 0. The summed E-state index contributed by atoms with van der Waals surface area (Å²) in [5, 5.41) is 3.79. The van der Waals surface area contributed by atoms with Gasteiger partial charge in [-0.1, -0.05) is 18.2 Å². The average molecular weight is 141 g/mol. The molecule has 0 N–H and O–H groups in total. The molecule has 0 saturated carbocycles. The molecule has 2 nitrogen and oxygen atoms in total. The molecule has 0 unspecified atom stereocenters. The van der Waals surface area contributed by atoms with Gasteiger partial charge in [0.05, 0.1) is 5.71 Å². The molecular formula is C8H15NO. The fourth-order valence-electron chi connectivity index (χ4n) is 0.663. The number of nitrogens with zero attached hydrogens (tertiary/aromatic N) is 1. The summed E-state index contributed by atoms with van der Waals surface area (Å²) in [4.78, 5) is 4.62. The van der Waals surface area contributed by atoms with Crippen molar-refractivity contribution < 1.29 is 4.84 Å². The molecular weight excluding hydrogens is 126 g/mol. The van der Waals surface area contributed by atoms with Crippen LogP contribution in [0.2, 0.25) is 0 Å². The zero-order chi connectivity index (χ0) is 7.98. The second-order valence-corrected chi connectivity index (χ2v) is 2.15. The van der Waals surface area contributed by atoms with Gasteiger partial charge in [-0.05, 0) is 25.8 Å². The summed E-state index contributed by atoms with van der Waals surface area (Å²) in [5.41, 5.74) is 2.13. The lowest BCUT2D eigenvalue weighted by molar-refractivity contribution is 0.213. The second kappa shape index (κ2) is 5.03. The topological polar surface area (TPSA) is 21.6 Å². The number of rotatable bonds is 3. The average Bonchev–Trinajstić information content (AvgIpc) is 1.89. The molecule has 0 heterocycles. The molecule has 2 heteroatoms. The van der Waals surface area contributed by atoms with Crippen LogP contribution in [0, 0.1) is 0 Å². The van der Waals surface area contributed by atoms with Crippen molar-refractivity contribution in [2.45, 2.75) is 27.2 Å². The van der Waals surface area contributed by atoms with Crippen LogP contribution in [0.4, 0.5) is 0 Å². The van der Waals surface area contributed by atoms with Crippen LogP contribution in [0.1, 0.15) is 27.2 Å². The largest absolute Gasteiger partial charge is 0.399 e. The number of oxime groups is 1. The highest BCUT2D eigenvalue weighted by Crippen LogP contribution is 1.98. The Bertz CT molecular complexity index is 129. The summed E-state index contributed by atoms with van der Waals surface area (Å²) in [7, 11) is 1.56. The molecule has 0 aromatic rings. The Morgan fingerprint density at radius 1 is 1.50 bits per heavy atom. The third kappa shape index (κ3) is 3.28. The Kier molecular flexibility index (Phi) is 4.63. The van der Waals surface area contributed by atoms with E-state index in [1.807, 2.05) is 13.8 Å². The van der Waals surface area contributed by atoms with Crippen LogP contribution in [0.3, 0.4) is 0 Å². The first-order valence-corrected chi connectivity index (χ1v) is 3.47. The van der Waals surface area contributed by atoms with E-state index in [0.717, 1.165) is 12.1 Å². The fraction of sp³-hybridized carbons (Fsp3) is 0.625. The molecule has 0 fully saturated rings. The van der Waals surface area contributed by atoms with Gasteiger partial charge in [-0.2, -0.15) is 0 Å². The molecule has 0 saturated heterocycles. The van der Waals surface area contributed by atoms with E-state index in [4.69, 9.17) is 0 Å². The van der Waals surface area contributed by atoms with Crippen LogP contribution in [0.25, 0.3) is 0 Å². The van der Waals surface area contributed by atoms with E-state index in [2.05, 4.69) is 23.0 Å². The van der Waals surface area contributed by atoms with Crippen molar-refractivity contribution in [2.24, 2.45) is 5.16 Å². The van der Waals surface area contributed by atoms with Crippen molar-refractivity contribution in [3.63, 3.8) is 0 Å². The molecule has 0 aromatic carbocycles. The Morgan fingerprint density at radius 3 is 2.50 bits per heavy atom. The monoisotopic (exact) mass is 141 g/mol. The van der Waals surface area contributed by atoms with Gasteiger partial charge >= 0.3 is 0 Å². The van der Waals surface area contributed by atoms with Gasteiger partial charge < -0.3 is 4.84 Å². The predicted octanol–water partition coefficient (Wildman–Crippen LogP) is 2.37. The normalized spacial score (nSPS) is 13.6. The number of hydrogen-bond donors (Lipinski definition) is 0. The van der Waals surface area contributed by atoms with Crippen LogP contribution in [0.5, 0.6) is 0 Å². The van der Waals surface area contributed by atoms with Crippen LogP contribution < -0.4 is 0 Å². The molecule has 10 heavy (non-hydrogen) atoms. The van der Waals surface area contributed by atoms with E-state index in [9.17, 15) is 0 Å². The SMILES string of the molecule is CC/C=C(C)/C(C)=N\OC. The second-order valence-electron chi connectivity index (χ2n) is 2.15. The molecule has 0 amide bonds. The highest BCUT2D eigenvalue weighted by Gasteiger charge is 1.91. The van der Waals surface area contributed by atoms with Crippen molar-refractivity contribution in [3.05, 3.63) is 11.6 Å². The standard InChI is InChI=1S/C8H15NO/c1-5-6-7(2)8(3)9-10-4/h6H,5H2,1-4H3/b7-6+,9-8-. The van der Waals surface area contributed by atoms with Gasteiger partial charge in [-0.25, -0.2) is 0 Å². The maximum Gasteiger partial charge on any atom is 0.106 e. The van der Waals surface area contributed by atoms with E-state index in [-0.39, 0.29) is 0 Å². The maximum absolute atomic E-state index is 4.62. The molecule has 0 aliphatic carbocycles. The highest BCUT2D eigenvalue weighted by molar-refractivity contribution is 5.97. The molecule has 0 aliphatic heterocycles. The van der Waals surface area contributed by atoms with Gasteiger partial charge in [0.1, 0.15) is 7.11 Å². The summed E-state index contributed by atoms with van der Waals surface area (Å²) < 4.78 is 0. The molecule has 0 atom stereocenters. The Balaban J connectivity index is 4.06. The van der Waals surface area contributed by atoms with Crippen molar-refractivity contribution in [3.8, 4) is 0 Å². The van der Waals surface area contributed by atoms with Gasteiger partial charge in [0.25, 0.3) is 0 Å². The predicted molar refractivity (Wildman–Crippen MR) is 44.2 cm³/mol. The van der Waals surface area contributed by atoms with Crippen molar-refractivity contribution in [2.75, 3.05) is 7.11 Å². The Morgan fingerprint density at radius 2 is 2.10 bits per heavy atom. The third-order valence-corrected chi connectivity index (χ3v) is 1.31. The van der Waals surface area contributed by atoms with E-state index >= 15 is 0 Å². The van der Waals surface area contributed by atoms with Gasteiger partial charge in [0.15, 0.2) is 0 Å². The lowest BCUT2D eigenvalue weighted by Gasteiger charge is -1.97. The van der Waals surface area contributed by atoms with E-state index in [1.54, 1.807) is 7.11 Å². The summed E-state index contributed by atoms with van der Waals surface area (Å²) in [5.74, 6) is 0. The number of allylic oxidation sites excluding steroid dienone is 2. The lowest BCUT2D eigenvalue weighted by atomic mass is 10.2. The molecule has 0 radical (unpaired) electrons. The van der Waals surface area contributed by atoms with Crippen molar-refractivity contribution in [1.29, 1.82) is 0 Å². The minimum Gasteiger partial charge on any atom is -0.399 e. The van der Waals surface area contributed by atoms with Crippen LogP contribution in [0.15, 0.2) is 16.8 Å². The van der Waals surface area contributed by atoms with Crippen molar-refractivity contribution >= 4 is 5.71 Å². The number of hydrogen-bond acceptors (Lipinski definition) is 2. The van der Waals surface area contributed by atoms with Gasteiger partial charge in [0.2, 0.25) is 0 Å². The van der Waals surface area contributed by atoms with E-state index < -0.39 is 0 Å². The minimum absolute atomic E-state index is 0.948. The zero-order valence-electron chi connectivity index (χ0n) is 7.14. The zero-order valence-corrected chi connectivity index (χ0v) is 7.14. The first-order chi connectivity index (χ1) is 4.72. The minimum atomic E-state index is 0.948. The smallest absolute Gasteiger partial charge is 0.106 e. The van der Waals surface area contributed by atoms with Gasteiger partial charge in [-0.3, -0.25) is 0 Å². The lowest BCUT2D eigenvalue weighted by Crippen LogP contribution is -1.93. The van der Waals surface area contributed by atoms with Crippen LogP contribution in [-0.2, 0) is 4.84 Å². The molecule has 0 rings (SSSR count). The van der Waals surface area contributed by atoms with Crippen LogP contribution >= 0.6 is 0 Å². The quantitative estimate of drug-likeness (QED) is 0.436. The molecule has 58 valence electrons. The summed E-state index contributed by atoms with van der Waals surface area (Å²) in [6.45, 7) is 6.07. The van der Waals surface area contributed by atoms with Crippen molar-refractivity contribution in [1.82, 2.24) is 0 Å². The molecule has 0 bridgehead atoms. The fourth-order valence-corrected chi connectivity index (χ4v) is 0.663. The first-order valence-electron chi connectivity index (χ1n) is 3.47. The summed E-state index contributed by atoms with van der Waals surface area (Å²) in [6.07, 6.45) is 3.17. The highest BCUT2D eigenvalue weighted by atomic mass is 16.6. The third-order valence-electron chi connectivity index (χ3n) is 1.31. The molecule has 0 spiro atoms. The Hall–Kier alpha value is -0.790.